The highest BCUT2D eigenvalue weighted by Gasteiger charge is 2.33. The van der Waals surface area contributed by atoms with Gasteiger partial charge < -0.3 is 15.0 Å². The molecule has 2 amide bonds. The van der Waals surface area contributed by atoms with Gasteiger partial charge in [0.05, 0.1) is 30.6 Å². The number of fused-ring (bicyclic) bond motifs is 1. The summed E-state index contributed by atoms with van der Waals surface area (Å²) in [4.78, 5) is 27.7. The molecule has 1 aliphatic heterocycles. The summed E-state index contributed by atoms with van der Waals surface area (Å²) in [6.07, 6.45) is 0.380. The summed E-state index contributed by atoms with van der Waals surface area (Å²) in [5.74, 6) is -0.0164. The van der Waals surface area contributed by atoms with Crippen LogP contribution in [0.4, 0.5) is 11.4 Å². The summed E-state index contributed by atoms with van der Waals surface area (Å²) in [5.41, 5.74) is 2.82. The molecule has 0 saturated carbocycles. The summed E-state index contributed by atoms with van der Waals surface area (Å²) >= 11 is 0. The Morgan fingerprint density at radius 2 is 1.63 bits per heavy atom. The Labute approximate surface area is 205 Å². The number of rotatable bonds is 7. The number of hydrogen-bond acceptors (Lipinski definition) is 5. The van der Waals surface area contributed by atoms with E-state index < -0.39 is 16.1 Å². The molecular weight excluding hydrogens is 466 g/mol. The molecule has 0 aliphatic carbocycles. The lowest BCUT2D eigenvalue weighted by Gasteiger charge is -2.34. The quantitative estimate of drug-likeness (QED) is 0.546. The number of nitrogens with one attached hydrogen (secondary N) is 1. The zero-order chi connectivity index (χ0) is 25.0. The minimum atomic E-state index is -3.37. The van der Waals surface area contributed by atoms with Crippen molar-refractivity contribution in [2.75, 3.05) is 29.1 Å². The molecular formula is C26H27N3O5S. The lowest BCUT2D eigenvalue weighted by Crippen LogP contribution is -2.51. The Bertz CT molecular complexity index is 1310. The van der Waals surface area contributed by atoms with Crippen LogP contribution in [0.15, 0.2) is 78.9 Å². The third-order valence-corrected chi connectivity index (χ3v) is 7.04. The van der Waals surface area contributed by atoms with Gasteiger partial charge in [0.15, 0.2) is 6.10 Å². The van der Waals surface area contributed by atoms with E-state index in [0.717, 1.165) is 17.4 Å². The number of benzene rings is 3. The van der Waals surface area contributed by atoms with Crippen LogP contribution in [0.1, 0.15) is 11.1 Å². The smallest absolute Gasteiger partial charge is 0.263 e. The van der Waals surface area contributed by atoms with E-state index in [4.69, 9.17) is 4.74 Å². The maximum absolute atomic E-state index is 13.3. The minimum Gasteiger partial charge on any atom is -0.477 e. The predicted molar refractivity (Wildman–Crippen MR) is 135 cm³/mol. The number of hydrogen-bond donors (Lipinski definition) is 1. The van der Waals surface area contributed by atoms with E-state index in [2.05, 4.69) is 5.32 Å². The van der Waals surface area contributed by atoms with Crippen LogP contribution in [0.2, 0.25) is 0 Å². The molecule has 1 aliphatic rings. The second-order valence-electron chi connectivity index (χ2n) is 8.36. The van der Waals surface area contributed by atoms with Crippen LogP contribution >= 0.6 is 0 Å². The Kier molecular flexibility index (Phi) is 7.07. The first-order valence-electron chi connectivity index (χ1n) is 11.1. The average Bonchev–Trinajstić information content (AvgIpc) is 2.86. The van der Waals surface area contributed by atoms with E-state index in [9.17, 15) is 18.0 Å². The molecule has 3 aromatic rings. The van der Waals surface area contributed by atoms with Crippen molar-refractivity contribution in [1.29, 1.82) is 0 Å². The van der Waals surface area contributed by atoms with Gasteiger partial charge in [-0.3, -0.25) is 13.9 Å². The van der Waals surface area contributed by atoms with Crippen molar-refractivity contribution in [2.45, 2.75) is 19.1 Å². The minimum absolute atomic E-state index is 0.0887. The van der Waals surface area contributed by atoms with Crippen molar-refractivity contribution in [3.8, 4) is 5.75 Å². The third-order valence-electron chi connectivity index (χ3n) is 5.83. The van der Waals surface area contributed by atoms with Crippen LogP contribution in [0.25, 0.3) is 0 Å². The number of ether oxygens (including phenoxy) is 1. The molecule has 35 heavy (non-hydrogen) atoms. The molecule has 1 heterocycles. The first-order chi connectivity index (χ1) is 16.7. The van der Waals surface area contributed by atoms with E-state index in [0.29, 0.717) is 23.7 Å². The molecule has 182 valence electrons. The Hall–Kier alpha value is -3.85. The number of nitrogens with zero attached hydrogens (tertiary/aromatic N) is 2. The number of carbonyl (C=O) groups excluding carboxylic acids is 2. The molecule has 1 atom stereocenters. The van der Waals surface area contributed by atoms with Crippen molar-refractivity contribution < 1.29 is 22.7 Å². The molecule has 3 aromatic carbocycles. The van der Waals surface area contributed by atoms with Crippen molar-refractivity contribution in [1.82, 2.24) is 5.32 Å². The maximum atomic E-state index is 13.3. The summed E-state index contributed by atoms with van der Waals surface area (Å²) in [6, 6.07) is 23.5. The molecule has 0 fully saturated rings. The highest BCUT2D eigenvalue weighted by Crippen LogP contribution is 2.33. The van der Waals surface area contributed by atoms with Crippen LogP contribution in [0, 0.1) is 0 Å². The molecule has 9 heteroatoms. The zero-order valence-corrected chi connectivity index (χ0v) is 20.4. The van der Waals surface area contributed by atoms with E-state index in [1.807, 2.05) is 36.4 Å². The number of para-hydroxylation sites is 2. The van der Waals surface area contributed by atoms with E-state index in [1.165, 1.54) is 11.4 Å². The topological polar surface area (TPSA) is 96.0 Å². The van der Waals surface area contributed by atoms with Crippen LogP contribution in [-0.4, -0.2) is 46.2 Å². The Balaban J connectivity index is 1.47. The van der Waals surface area contributed by atoms with Gasteiger partial charge in [-0.25, -0.2) is 8.42 Å². The normalized spacial score (nSPS) is 15.0. The van der Waals surface area contributed by atoms with Gasteiger partial charge in [0, 0.05) is 13.6 Å². The average molecular weight is 494 g/mol. The van der Waals surface area contributed by atoms with Crippen molar-refractivity contribution in [2.24, 2.45) is 0 Å². The summed E-state index contributed by atoms with van der Waals surface area (Å²) in [6.45, 7) is 0.453. The molecule has 1 N–H and O–H groups in total. The molecule has 4 rings (SSSR count). The van der Waals surface area contributed by atoms with Gasteiger partial charge in [-0.15, -0.1) is 0 Å². The largest absolute Gasteiger partial charge is 0.477 e. The van der Waals surface area contributed by atoms with Gasteiger partial charge in [0.1, 0.15) is 5.75 Å². The van der Waals surface area contributed by atoms with E-state index >= 15 is 0 Å². The molecule has 0 saturated heterocycles. The fourth-order valence-electron chi connectivity index (χ4n) is 3.79. The zero-order valence-electron chi connectivity index (χ0n) is 19.5. The van der Waals surface area contributed by atoms with Gasteiger partial charge in [-0.2, -0.15) is 0 Å². The summed E-state index contributed by atoms with van der Waals surface area (Å²) in [7, 11) is -1.90. The number of carbonyl (C=O) groups is 2. The van der Waals surface area contributed by atoms with Crippen LogP contribution < -0.4 is 19.3 Å². The molecule has 0 bridgehead atoms. The van der Waals surface area contributed by atoms with E-state index in [1.54, 1.807) is 47.4 Å². The van der Waals surface area contributed by atoms with Gasteiger partial charge in [0.25, 0.3) is 5.91 Å². The molecule has 0 unspecified atom stereocenters. The number of sulfonamides is 1. The highest BCUT2D eigenvalue weighted by atomic mass is 32.2. The SMILES string of the molecule is CN(c1ccc(CC(=O)N2C[C@@H](C(=O)NCc3ccccc3)Oc3ccccc32)cc1)S(C)(=O)=O. The Morgan fingerprint density at radius 3 is 2.31 bits per heavy atom. The van der Waals surface area contributed by atoms with E-state index in [-0.39, 0.29) is 24.8 Å². The van der Waals surface area contributed by atoms with Crippen molar-refractivity contribution >= 4 is 33.2 Å². The van der Waals surface area contributed by atoms with Gasteiger partial charge in [0.2, 0.25) is 15.9 Å². The summed E-state index contributed by atoms with van der Waals surface area (Å²) < 4.78 is 30.6. The number of amides is 2. The predicted octanol–water partition coefficient (Wildman–Crippen LogP) is 2.74. The fourth-order valence-corrected chi connectivity index (χ4v) is 4.30. The highest BCUT2D eigenvalue weighted by molar-refractivity contribution is 7.92. The fraction of sp³-hybridized carbons (Fsp3) is 0.231. The lowest BCUT2D eigenvalue weighted by molar-refractivity contribution is -0.128. The summed E-state index contributed by atoms with van der Waals surface area (Å²) in [5, 5.41) is 2.88. The van der Waals surface area contributed by atoms with Crippen LogP contribution in [-0.2, 0) is 32.6 Å². The first kappa shape index (κ1) is 24.3. The van der Waals surface area contributed by atoms with Gasteiger partial charge in [-0.1, -0.05) is 54.6 Å². The lowest BCUT2D eigenvalue weighted by atomic mass is 10.1. The molecule has 0 radical (unpaired) electrons. The van der Waals surface area contributed by atoms with Crippen molar-refractivity contribution in [3.63, 3.8) is 0 Å². The standard InChI is InChI=1S/C26H27N3O5S/c1-28(35(2,32)33)21-14-12-19(13-15-21)16-25(30)29-18-24(34-23-11-7-6-10-22(23)29)26(31)27-17-20-8-4-3-5-9-20/h3-15,24H,16-18H2,1-2H3,(H,27,31)/t24-/m0/s1. The number of anilines is 2. The van der Waals surface area contributed by atoms with Crippen LogP contribution in [0.3, 0.4) is 0 Å². The van der Waals surface area contributed by atoms with Crippen molar-refractivity contribution in [3.05, 3.63) is 90.0 Å². The third kappa shape index (κ3) is 5.81. The molecule has 8 nitrogen and oxygen atoms in total. The molecule has 0 spiro atoms. The monoisotopic (exact) mass is 493 g/mol. The first-order valence-corrected chi connectivity index (χ1v) is 13.0. The molecule has 0 aromatic heterocycles. The maximum Gasteiger partial charge on any atom is 0.263 e. The van der Waals surface area contributed by atoms with Gasteiger partial charge in [-0.05, 0) is 35.4 Å². The Morgan fingerprint density at radius 1 is 0.971 bits per heavy atom. The van der Waals surface area contributed by atoms with Gasteiger partial charge >= 0.3 is 0 Å². The van der Waals surface area contributed by atoms with Crippen LogP contribution in [0.5, 0.6) is 5.75 Å². The second-order valence-corrected chi connectivity index (χ2v) is 10.4. The second kappa shape index (κ2) is 10.2.